The lowest BCUT2D eigenvalue weighted by Gasteiger charge is -2.16. The maximum atomic E-state index is 12.7. The van der Waals surface area contributed by atoms with Gasteiger partial charge in [-0.15, -0.1) is 0 Å². The molecule has 1 saturated carbocycles. The molecule has 1 aliphatic carbocycles. The predicted octanol–water partition coefficient (Wildman–Crippen LogP) is 2.53. The van der Waals surface area contributed by atoms with Crippen molar-refractivity contribution in [1.82, 2.24) is 19.6 Å². The summed E-state index contributed by atoms with van der Waals surface area (Å²) >= 11 is 0. The van der Waals surface area contributed by atoms with Gasteiger partial charge in [0.25, 0.3) is 5.91 Å². The molecule has 0 atom stereocenters. The summed E-state index contributed by atoms with van der Waals surface area (Å²) in [6.45, 7) is 5.90. The maximum Gasteiger partial charge on any atom is 0.327 e. The molecule has 1 saturated heterocycles. The lowest BCUT2D eigenvalue weighted by atomic mass is 9.92. The van der Waals surface area contributed by atoms with E-state index in [1.54, 1.807) is 9.58 Å². The van der Waals surface area contributed by atoms with Crippen LogP contribution in [0.3, 0.4) is 0 Å². The van der Waals surface area contributed by atoms with E-state index in [9.17, 15) is 14.4 Å². The molecule has 0 unspecified atom stereocenters. The van der Waals surface area contributed by atoms with E-state index >= 15 is 0 Å². The van der Waals surface area contributed by atoms with Crippen molar-refractivity contribution in [2.45, 2.75) is 45.1 Å². The number of rotatable bonds is 5. The van der Waals surface area contributed by atoms with Crippen LogP contribution in [0.2, 0.25) is 0 Å². The van der Waals surface area contributed by atoms with Gasteiger partial charge in [0.15, 0.2) is 0 Å². The molecule has 4 rings (SSSR count). The first-order valence-corrected chi connectivity index (χ1v) is 9.81. The van der Waals surface area contributed by atoms with E-state index in [0.717, 1.165) is 29.1 Å². The van der Waals surface area contributed by atoms with E-state index in [2.05, 4.69) is 10.4 Å². The van der Waals surface area contributed by atoms with E-state index in [0.29, 0.717) is 5.82 Å². The van der Waals surface area contributed by atoms with Gasteiger partial charge in [-0.3, -0.25) is 14.5 Å². The number of anilines is 1. The summed E-state index contributed by atoms with van der Waals surface area (Å²) in [6, 6.07) is 11.1. The fourth-order valence-electron chi connectivity index (χ4n) is 3.32. The third-order valence-corrected chi connectivity index (χ3v) is 5.12. The van der Waals surface area contributed by atoms with Crippen LogP contribution in [0.25, 0.3) is 5.69 Å². The van der Waals surface area contributed by atoms with Crippen molar-refractivity contribution in [2.24, 2.45) is 0 Å². The van der Waals surface area contributed by atoms with Gasteiger partial charge in [0, 0.05) is 17.5 Å². The highest BCUT2D eigenvalue weighted by molar-refractivity contribution is 6.06. The summed E-state index contributed by atoms with van der Waals surface area (Å²) in [4.78, 5) is 39.9. The largest absolute Gasteiger partial charge is 0.327 e. The Morgan fingerprint density at radius 3 is 2.48 bits per heavy atom. The van der Waals surface area contributed by atoms with Gasteiger partial charge in [-0.1, -0.05) is 39.0 Å². The number of benzene rings is 1. The van der Waals surface area contributed by atoms with Gasteiger partial charge in [0.05, 0.1) is 11.4 Å². The van der Waals surface area contributed by atoms with Crippen LogP contribution in [0.5, 0.6) is 0 Å². The summed E-state index contributed by atoms with van der Waals surface area (Å²) < 4.78 is 1.67. The minimum absolute atomic E-state index is 0.0624. The summed E-state index contributed by atoms with van der Waals surface area (Å²) in [5.74, 6) is -0.254. The van der Waals surface area contributed by atoms with Crippen molar-refractivity contribution in [3.63, 3.8) is 0 Å². The number of carbonyl (C=O) groups excluding carboxylic acids is 3. The molecular formula is C21H25N5O3. The van der Waals surface area contributed by atoms with E-state index in [-0.39, 0.29) is 36.5 Å². The average molecular weight is 395 g/mol. The van der Waals surface area contributed by atoms with Gasteiger partial charge in [-0.05, 0) is 25.0 Å². The second-order valence-electron chi connectivity index (χ2n) is 8.58. The molecule has 29 heavy (non-hydrogen) atoms. The first-order chi connectivity index (χ1) is 13.7. The van der Waals surface area contributed by atoms with Crippen LogP contribution in [-0.4, -0.2) is 56.6 Å². The third-order valence-electron chi connectivity index (χ3n) is 5.12. The van der Waals surface area contributed by atoms with E-state index in [1.165, 1.54) is 0 Å². The summed E-state index contributed by atoms with van der Waals surface area (Å²) in [7, 11) is 0. The molecule has 152 valence electrons. The molecule has 2 aromatic rings. The van der Waals surface area contributed by atoms with Crippen molar-refractivity contribution in [3.8, 4) is 5.69 Å². The van der Waals surface area contributed by atoms with Crippen LogP contribution < -0.4 is 5.32 Å². The Balaban J connectivity index is 1.54. The first-order valence-electron chi connectivity index (χ1n) is 9.81. The van der Waals surface area contributed by atoms with Gasteiger partial charge >= 0.3 is 6.03 Å². The summed E-state index contributed by atoms with van der Waals surface area (Å²) in [5.41, 5.74) is 1.43. The smallest absolute Gasteiger partial charge is 0.312 e. The lowest BCUT2D eigenvalue weighted by Crippen LogP contribution is -2.39. The van der Waals surface area contributed by atoms with Gasteiger partial charge < -0.3 is 10.2 Å². The van der Waals surface area contributed by atoms with E-state index in [1.807, 2.05) is 57.2 Å². The fraction of sp³-hybridized carbons (Fsp3) is 0.429. The van der Waals surface area contributed by atoms with E-state index in [4.69, 9.17) is 0 Å². The van der Waals surface area contributed by atoms with Crippen molar-refractivity contribution >= 4 is 23.7 Å². The number of hydrogen-bond acceptors (Lipinski definition) is 4. The number of imide groups is 1. The molecule has 1 aromatic heterocycles. The average Bonchev–Trinajstić information content (AvgIpc) is 3.36. The molecule has 0 radical (unpaired) electrons. The second-order valence-corrected chi connectivity index (χ2v) is 8.58. The summed E-state index contributed by atoms with van der Waals surface area (Å²) in [6.07, 6.45) is 1.84. The lowest BCUT2D eigenvalue weighted by molar-refractivity contribution is -0.129. The van der Waals surface area contributed by atoms with Crippen LogP contribution in [0.4, 0.5) is 10.6 Å². The molecule has 1 aromatic carbocycles. The Labute approximate surface area is 169 Å². The quantitative estimate of drug-likeness (QED) is 0.788. The van der Waals surface area contributed by atoms with Crippen LogP contribution in [-0.2, 0) is 15.0 Å². The van der Waals surface area contributed by atoms with Crippen molar-refractivity contribution in [1.29, 1.82) is 0 Å². The normalized spacial score (nSPS) is 17.2. The van der Waals surface area contributed by atoms with Crippen LogP contribution >= 0.6 is 0 Å². The molecule has 4 amide bonds. The topological polar surface area (TPSA) is 87.5 Å². The Morgan fingerprint density at radius 1 is 1.17 bits per heavy atom. The number of aromatic nitrogens is 2. The second kappa shape index (κ2) is 7.02. The van der Waals surface area contributed by atoms with E-state index < -0.39 is 5.91 Å². The van der Waals surface area contributed by atoms with Gasteiger partial charge in [-0.25, -0.2) is 9.48 Å². The molecule has 2 aliphatic rings. The Bertz CT molecular complexity index is 956. The zero-order valence-corrected chi connectivity index (χ0v) is 16.9. The Hall–Kier alpha value is -3.16. The zero-order chi connectivity index (χ0) is 20.8. The molecular weight excluding hydrogens is 370 g/mol. The molecule has 2 heterocycles. The van der Waals surface area contributed by atoms with Gasteiger partial charge in [0.1, 0.15) is 18.9 Å². The van der Waals surface area contributed by atoms with Crippen LogP contribution in [0, 0.1) is 0 Å². The Kier molecular flexibility index (Phi) is 4.64. The van der Waals surface area contributed by atoms with Crippen molar-refractivity contribution < 1.29 is 14.4 Å². The standard InChI is InChI=1S/C21H25N5O3/c1-21(2,3)16-11-17(26(23-16)15-7-5-4-6-8-15)22-18(27)12-25-19(28)13-24(20(25)29)14-9-10-14/h4-8,11,14H,9-10,12-13H2,1-3H3,(H,22,27). The predicted molar refractivity (Wildman–Crippen MR) is 108 cm³/mol. The number of nitrogens with one attached hydrogen (secondary N) is 1. The number of hydrogen-bond donors (Lipinski definition) is 1. The SMILES string of the molecule is CC(C)(C)c1cc(NC(=O)CN2C(=O)CN(C3CC3)C2=O)n(-c2ccccc2)n1. The third kappa shape index (κ3) is 3.87. The number of para-hydroxylation sites is 1. The molecule has 8 nitrogen and oxygen atoms in total. The van der Waals surface area contributed by atoms with Gasteiger partial charge in [0.2, 0.25) is 5.91 Å². The number of carbonyl (C=O) groups is 3. The first kappa shape index (κ1) is 19.2. The number of amides is 4. The Morgan fingerprint density at radius 2 is 1.86 bits per heavy atom. The molecule has 0 spiro atoms. The molecule has 8 heteroatoms. The van der Waals surface area contributed by atoms with Gasteiger partial charge in [-0.2, -0.15) is 5.10 Å². The minimum Gasteiger partial charge on any atom is -0.312 e. The minimum atomic E-state index is -0.429. The van der Waals surface area contributed by atoms with Crippen LogP contribution in [0.15, 0.2) is 36.4 Å². The highest BCUT2D eigenvalue weighted by Crippen LogP contribution is 2.30. The number of nitrogens with zero attached hydrogens (tertiary/aromatic N) is 4. The number of urea groups is 1. The molecule has 0 bridgehead atoms. The van der Waals surface area contributed by atoms with Crippen molar-refractivity contribution in [2.75, 3.05) is 18.4 Å². The highest BCUT2D eigenvalue weighted by atomic mass is 16.2. The molecule has 1 N–H and O–H groups in total. The maximum absolute atomic E-state index is 12.7. The summed E-state index contributed by atoms with van der Waals surface area (Å²) in [5, 5.41) is 7.48. The zero-order valence-electron chi connectivity index (χ0n) is 16.9. The molecule has 2 fully saturated rings. The van der Waals surface area contributed by atoms with Crippen LogP contribution in [0.1, 0.15) is 39.3 Å². The molecule has 1 aliphatic heterocycles. The highest BCUT2D eigenvalue weighted by Gasteiger charge is 2.44. The van der Waals surface area contributed by atoms with Crippen molar-refractivity contribution in [3.05, 3.63) is 42.1 Å². The fourth-order valence-corrected chi connectivity index (χ4v) is 3.32. The monoisotopic (exact) mass is 395 g/mol.